The van der Waals surface area contributed by atoms with Crippen molar-refractivity contribution in [1.82, 2.24) is 4.31 Å². The molecule has 1 fully saturated rings. The van der Waals surface area contributed by atoms with Crippen LogP contribution in [-0.4, -0.2) is 40.4 Å². The third-order valence-electron chi connectivity index (χ3n) is 3.44. The average Bonchev–Trinajstić information content (AvgIpc) is 3.12. The lowest BCUT2D eigenvalue weighted by molar-refractivity contribution is 0.521. The van der Waals surface area contributed by atoms with Crippen molar-refractivity contribution < 1.29 is 8.42 Å². The number of anilines is 2. The molecule has 1 aliphatic carbocycles. The van der Waals surface area contributed by atoms with Gasteiger partial charge in [-0.05, 0) is 30.9 Å². The summed E-state index contributed by atoms with van der Waals surface area (Å²) in [6.45, 7) is 0.926. The van der Waals surface area contributed by atoms with Gasteiger partial charge in [0.2, 0.25) is 10.0 Å². The van der Waals surface area contributed by atoms with E-state index in [-0.39, 0.29) is 4.90 Å². The third-order valence-corrected chi connectivity index (χ3v) is 5.32. The molecule has 0 saturated heterocycles. The monoisotopic (exact) mass is 283 g/mol. The highest BCUT2D eigenvalue weighted by Gasteiger charge is 2.26. The van der Waals surface area contributed by atoms with Crippen molar-refractivity contribution in [3.8, 4) is 0 Å². The summed E-state index contributed by atoms with van der Waals surface area (Å²) < 4.78 is 25.6. The summed E-state index contributed by atoms with van der Waals surface area (Å²) in [6.07, 6.45) is 2.50. The Morgan fingerprint density at radius 3 is 2.42 bits per heavy atom. The topological polar surface area (TPSA) is 66.6 Å². The van der Waals surface area contributed by atoms with Crippen molar-refractivity contribution in [2.75, 3.05) is 38.3 Å². The van der Waals surface area contributed by atoms with Gasteiger partial charge in [0.15, 0.2) is 0 Å². The Kier molecular flexibility index (Phi) is 3.73. The Balaban J connectivity index is 2.37. The van der Waals surface area contributed by atoms with Crippen LogP contribution in [0, 0.1) is 5.92 Å². The number of benzene rings is 1. The van der Waals surface area contributed by atoms with Crippen molar-refractivity contribution in [2.24, 2.45) is 5.92 Å². The van der Waals surface area contributed by atoms with Gasteiger partial charge in [-0.15, -0.1) is 0 Å². The molecular formula is C13H21N3O2S. The predicted molar refractivity (Wildman–Crippen MR) is 77.7 cm³/mol. The molecule has 19 heavy (non-hydrogen) atoms. The minimum Gasteiger partial charge on any atom is -0.396 e. The molecule has 0 spiro atoms. The number of nitrogens with zero attached hydrogens (tertiary/aromatic N) is 2. The molecule has 0 amide bonds. The maximum absolute atomic E-state index is 12.2. The van der Waals surface area contributed by atoms with E-state index < -0.39 is 10.0 Å². The van der Waals surface area contributed by atoms with E-state index in [0.29, 0.717) is 5.69 Å². The highest BCUT2D eigenvalue weighted by Crippen LogP contribution is 2.34. The SMILES string of the molecule is CN(CC1CC1)c1cccc(S(=O)(=O)N(C)C)c1N. The third kappa shape index (κ3) is 2.84. The summed E-state index contributed by atoms with van der Waals surface area (Å²) in [5.74, 6) is 0.721. The molecule has 1 aromatic rings. The van der Waals surface area contributed by atoms with Crippen molar-refractivity contribution in [3.05, 3.63) is 18.2 Å². The van der Waals surface area contributed by atoms with Gasteiger partial charge in [-0.1, -0.05) is 6.07 Å². The molecule has 0 atom stereocenters. The van der Waals surface area contributed by atoms with Crippen LogP contribution < -0.4 is 10.6 Å². The van der Waals surface area contributed by atoms with Gasteiger partial charge in [0.25, 0.3) is 0 Å². The number of hydrogen-bond acceptors (Lipinski definition) is 4. The summed E-state index contributed by atoms with van der Waals surface area (Å²) in [4.78, 5) is 2.22. The number of sulfonamides is 1. The molecule has 0 heterocycles. The molecule has 1 aromatic carbocycles. The fourth-order valence-corrected chi connectivity index (χ4v) is 3.10. The quantitative estimate of drug-likeness (QED) is 0.829. The first-order chi connectivity index (χ1) is 8.84. The average molecular weight is 283 g/mol. The number of hydrogen-bond donors (Lipinski definition) is 1. The molecule has 1 aliphatic rings. The molecule has 6 heteroatoms. The Morgan fingerprint density at radius 1 is 1.26 bits per heavy atom. The largest absolute Gasteiger partial charge is 0.396 e. The molecule has 0 unspecified atom stereocenters. The van der Waals surface area contributed by atoms with Gasteiger partial charge in [0.1, 0.15) is 4.90 Å². The first-order valence-corrected chi connectivity index (χ1v) is 7.80. The van der Waals surface area contributed by atoms with Crippen LogP contribution in [-0.2, 0) is 10.0 Å². The molecule has 0 aromatic heterocycles. The summed E-state index contributed by atoms with van der Waals surface area (Å²) in [7, 11) is 1.48. The second-order valence-corrected chi connectivity index (χ2v) is 7.42. The highest BCUT2D eigenvalue weighted by molar-refractivity contribution is 7.89. The van der Waals surface area contributed by atoms with Crippen LogP contribution in [0.3, 0.4) is 0 Å². The van der Waals surface area contributed by atoms with Crippen LogP contribution >= 0.6 is 0 Å². The second kappa shape index (κ2) is 5.02. The van der Waals surface area contributed by atoms with E-state index in [1.54, 1.807) is 12.1 Å². The minimum absolute atomic E-state index is 0.178. The van der Waals surface area contributed by atoms with Crippen LogP contribution in [0.25, 0.3) is 0 Å². The van der Waals surface area contributed by atoms with E-state index in [1.165, 1.54) is 31.2 Å². The lowest BCUT2D eigenvalue weighted by Gasteiger charge is -2.23. The Labute approximate surface area is 115 Å². The van der Waals surface area contributed by atoms with Crippen LogP contribution in [0.4, 0.5) is 11.4 Å². The van der Waals surface area contributed by atoms with Crippen LogP contribution in [0.15, 0.2) is 23.1 Å². The lowest BCUT2D eigenvalue weighted by Crippen LogP contribution is -2.25. The second-order valence-electron chi connectivity index (χ2n) is 5.30. The van der Waals surface area contributed by atoms with E-state index in [0.717, 1.165) is 18.2 Å². The first-order valence-electron chi connectivity index (χ1n) is 6.36. The van der Waals surface area contributed by atoms with E-state index in [9.17, 15) is 8.42 Å². The van der Waals surface area contributed by atoms with Gasteiger partial charge in [-0.3, -0.25) is 0 Å². The Morgan fingerprint density at radius 2 is 1.89 bits per heavy atom. The molecule has 2 N–H and O–H groups in total. The minimum atomic E-state index is -3.49. The summed E-state index contributed by atoms with van der Waals surface area (Å²) in [6, 6.07) is 5.16. The highest BCUT2D eigenvalue weighted by atomic mass is 32.2. The number of nitrogens with two attached hydrogens (primary N) is 1. The maximum atomic E-state index is 12.2. The number of rotatable bonds is 5. The summed E-state index contributed by atoms with van der Waals surface area (Å²) >= 11 is 0. The van der Waals surface area contributed by atoms with Crippen LogP contribution in [0.5, 0.6) is 0 Å². The smallest absolute Gasteiger partial charge is 0.244 e. The van der Waals surface area contributed by atoms with Gasteiger partial charge in [-0.2, -0.15) is 0 Å². The van der Waals surface area contributed by atoms with Gasteiger partial charge in [0.05, 0.1) is 11.4 Å². The zero-order valence-corrected chi connectivity index (χ0v) is 12.4. The van der Waals surface area contributed by atoms with Crippen molar-refractivity contribution in [3.63, 3.8) is 0 Å². The fourth-order valence-electron chi connectivity index (χ4n) is 2.07. The molecule has 5 nitrogen and oxygen atoms in total. The van der Waals surface area contributed by atoms with Crippen molar-refractivity contribution in [2.45, 2.75) is 17.7 Å². The van der Waals surface area contributed by atoms with Crippen LogP contribution in [0.2, 0.25) is 0 Å². The van der Waals surface area contributed by atoms with E-state index in [1.807, 2.05) is 18.0 Å². The summed E-state index contributed by atoms with van der Waals surface area (Å²) in [5.41, 5.74) is 7.18. The molecule has 0 bridgehead atoms. The fraction of sp³-hybridized carbons (Fsp3) is 0.538. The number of nitrogen functional groups attached to an aromatic ring is 1. The lowest BCUT2D eigenvalue weighted by atomic mass is 10.2. The van der Waals surface area contributed by atoms with Gasteiger partial charge in [-0.25, -0.2) is 12.7 Å². The van der Waals surface area contributed by atoms with Crippen molar-refractivity contribution >= 4 is 21.4 Å². The molecule has 2 rings (SSSR count). The van der Waals surface area contributed by atoms with Gasteiger partial charge in [0, 0.05) is 27.7 Å². The normalized spacial score (nSPS) is 15.8. The van der Waals surface area contributed by atoms with Gasteiger partial charge >= 0.3 is 0 Å². The molecule has 0 aliphatic heterocycles. The van der Waals surface area contributed by atoms with Crippen LogP contribution in [0.1, 0.15) is 12.8 Å². The molecular weight excluding hydrogens is 262 g/mol. The summed E-state index contributed by atoms with van der Waals surface area (Å²) in [5, 5.41) is 0. The maximum Gasteiger partial charge on any atom is 0.244 e. The van der Waals surface area contributed by atoms with Crippen molar-refractivity contribution in [1.29, 1.82) is 0 Å². The van der Waals surface area contributed by atoms with E-state index in [4.69, 9.17) is 5.73 Å². The molecule has 1 saturated carbocycles. The standard InChI is InChI=1S/C13H21N3O2S/c1-15(2)19(17,18)12-6-4-5-11(13(12)14)16(3)9-10-7-8-10/h4-6,10H,7-9,14H2,1-3H3. The predicted octanol–water partition coefficient (Wildman–Crippen LogP) is 1.37. The van der Waals surface area contributed by atoms with E-state index >= 15 is 0 Å². The molecule has 0 radical (unpaired) electrons. The van der Waals surface area contributed by atoms with Gasteiger partial charge < -0.3 is 10.6 Å². The Bertz CT molecular complexity index is 565. The molecule has 106 valence electrons. The van der Waals surface area contributed by atoms with E-state index in [2.05, 4.69) is 0 Å². The zero-order chi connectivity index (χ0) is 14.2. The first kappa shape index (κ1) is 14.1. The number of para-hydroxylation sites is 1. The Hall–Kier alpha value is -1.27. The zero-order valence-electron chi connectivity index (χ0n) is 11.6.